The molecule has 6 rings (SSSR count). The number of benzene rings is 4. The van der Waals surface area contributed by atoms with Crippen molar-refractivity contribution < 1.29 is 24.0 Å². The van der Waals surface area contributed by atoms with Gasteiger partial charge in [0.05, 0.1) is 18.7 Å². The second-order valence-electron chi connectivity index (χ2n) is 9.46. The van der Waals surface area contributed by atoms with Gasteiger partial charge in [0.1, 0.15) is 5.92 Å². The molecular weight excluding hydrogens is 466 g/mol. The Morgan fingerprint density at radius 2 is 1.30 bits per heavy atom. The molecule has 0 bridgehead atoms. The minimum atomic E-state index is -0.928. The third-order valence-electron chi connectivity index (χ3n) is 7.12. The van der Waals surface area contributed by atoms with Crippen molar-refractivity contribution in [3.05, 3.63) is 118 Å². The van der Waals surface area contributed by atoms with Crippen molar-refractivity contribution in [3.8, 4) is 0 Å². The molecule has 0 saturated carbocycles. The second kappa shape index (κ2) is 8.75. The highest BCUT2D eigenvalue weighted by Crippen LogP contribution is 2.36. The van der Waals surface area contributed by atoms with Gasteiger partial charge in [0.2, 0.25) is 0 Å². The zero-order valence-electron chi connectivity index (χ0n) is 19.8. The first-order valence-corrected chi connectivity index (χ1v) is 12.0. The summed E-state index contributed by atoms with van der Waals surface area (Å²) >= 11 is 0. The first kappa shape index (κ1) is 22.7. The SMILES string of the molecule is O=C(Cc1ccc(C2C(=O)c3cccc4cccc(c34)C2=O)cc1)CN1CC(=O)c2ccccc2C1=O. The van der Waals surface area contributed by atoms with Crippen molar-refractivity contribution in [3.63, 3.8) is 0 Å². The molecular formula is C31H21NO5. The van der Waals surface area contributed by atoms with Crippen LogP contribution in [0, 0.1) is 0 Å². The molecule has 0 aromatic heterocycles. The molecule has 2 aliphatic rings. The van der Waals surface area contributed by atoms with Crippen LogP contribution in [0.1, 0.15) is 58.5 Å². The summed E-state index contributed by atoms with van der Waals surface area (Å²) in [6.45, 7) is -0.290. The molecule has 4 aromatic rings. The molecule has 0 saturated heterocycles. The molecule has 1 aliphatic carbocycles. The maximum atomic E-state index is 13.3. The molecule has 1 aliphatic heterocycles. The zero-order chi connectivity index (χ0) is 25.7. The van der Waals surface area contributed by atoms with Gasteiger partial charge in [-0.25, -0.2) is 0 Å². The Hall–Kier alpha value is -4.71. The van der Waals surface area contributed by atoms with Gasteiger partial charge in [-0.2, -0.15) is 0 Å². The summed E-state index contributed by atoms with van der Waals surface area (Å²) in [7, 11) is 0. The molecule has 4 aromatic carbocycles. The first-order valence-electron chi connectivity index (χ1n) is 12.0. The van der Waals surface area contributed by atoms with E-state index in [4.69, 9.17) is 0 Å². The summed E-state index contributed by atoms with van der Waals surface area (Å²) in [6, 6.07) is 24.4. The highest BCUT2D eigenvalue weighted by atomic mass is 16.2. The number of amides is 1. The number of carbonyl (C=O) groups is 5. The number of hydrogen-bond donors (Lipinski definition) is 0. The smallest absolute Gasteiger partial charge is 0.255 e. The summed E-state index contributed by atoms with van der Waals surface area (Å²) in [5.74, 6) is -2.12. The Labute approximate surface area is 212 Å². The van der Waals surface area contributed by atoms with E-state index >= 15 is 0 Å². The largest absolute Gasteiger partial charge is 0.324 e. The molecule has 0 N–H and O–H groups in total. The Morgan fingerprint density at radius 3 is 1.95 bits per heavy atom. The maximum absolute atomic E-state index is 13.3. The lowest BCUT2D eigenvalue weighted by Crippen LogP contribution is -2.44. The number of hydrogen-bond acceptors (Lipinski definition) is 5. The van der Waals surface area contributed by atoms with Crippen LogP contribution in [0.2, 0.25) is 0 Å². The molecule has 1 heterocycles. The van der Waals surface area contributed by atoms with Crippen molar-refractivity contribution in [1.82, 2.24) is 4.90 Å². The van der Waals surface area contributed by atoms with E-state index in [1.165, 1.54) is 4.90 Å². The molecule has 6 heteroatoms. The average molecular weight is 488 g/mol. The van der Waals surface area contributed by atoms with Crippen LogP contribution in [-0.4, -0.2) is 47.0 Å². The van der Waals surface area contributed by atoms with E-state index in [1.807, 2.05) is 24.3 Å². The van der Waals surface area contributed by atoms with Gasteiger partial charge < -0.3 is 4.90 Å². The van der Waals surface area contributed by atoms with E-state index in [9.17, 15) is 24.0 Å². The zero-order valence-corrected chi connectivity index (χ0v) is 19.8. The predicted molar refractivity (Wildman–Crippen MR) is 137 cm³/mol. The number of fused-ring (bicyclic) bond motifs is 1. The van der Waals surface area contributed by atoms with Gasteiger partial charge in [-0.15, -0.1) is 0 Å². The van der Waals surface area contributed by atoms with Crippen LogP contribution in [0.5, 0.6) is 0 Å². The van der Waals surface area contributed by atoms with Crippen molar-refractivity contribution in [2.75, 3.05) is 13.1 Å². The molecule has 180 valence electrons. The van der Waals surface area contributed by atoms with Crippen LogP contribution in [0.25, 0.3) is 10.8 Å². The minimum absolute atomic E-state index is 0.0641. The van der Waals surface area contributed by atoms with Crippen LogP contribution in [0.4, 0.5) is 0 Å². The third kappa shape index (κ3) is 3.78. The lowest BCUT2D eigenvalue weighted by atomic mass is 9.77. The fourth-order valence-corrected chi connectivity index (χ4v) is 5.35. The fourth-order valence-electron chi connectivity index (χ4n) is 5.35. The lowest BCUT2D eigenvalue weighted by Gasteiger charge is -2.27. The van der Waals surface area contributed by atoms with E-state index in [0.717, 1.165) is 5.39 Å². The van der Waals surface area contributed by atoms with Crippen molar-refractivity contribution in [1.29, 1.82) is 0 Å². The topological polar surface area (TPSA) is 88.6 Å². The average Bonchev–Trinajstić information content (AvgIpc) is 2.91. The number of Topliss-reactive ketones (excluding diaryl/α,β-unsaturated/α-hetero) is 4. The monoisotopic (exact) mass is 487 g/mol. The van der Waals surface area contributed by atoms with Crippen LogP contribution >= 0.6 is 0 Å². The number of ketones is 4. The predicted octanol–water partition coefficient (Wildman–Crippen LogP) is 4.45. The van der Waals surface area contributed by atoms with Gasteiger partial charge in [0.25, 0.3) is 5.91 Å². The fraction of sp³-hybridized carbons (Fsp3) is 0.129. The highest BCUT2D eigenvalue weighted by molar-refractivity contribution is 6.31. The summed E-state index contributed by atoms with van der Waals surface area (Å²) in [5.41, 5.74) is 3.06. The summed E-state index contributed by atoms with van der Waals surface area (Å²) in [6.07, 6.45) is 0.0641. The van der Waals surface area contributed by atoms with Crippen molar-refractivity contribution >= 4 is 39.8 Å². The molecule has 0 radical (unpaired) electrons. The van der Waals surface area contributed by atoms with Gasteiger partial charge >= 0.3 is 0 Å². The molecule has 37 heavy (non-hydrogen) atoms. The lowest BCUT2D eigenvalue weighted by molar-refractivity contribution is -0.119. The molecule has 0 fully saturated rings. The van der Waals surface area contributed by atoms with Crippen molar-refractivity contribution in [2.24, 2.45) is 0 Å². The van der Waals surface area contributed by atoms with Crippen LogP contribution in [0.15, 0.2) is 84.9 Å². The number of carbonyl (C=O) groups excluding carboxylic acids is 5. The summed E-state index contributed by atoms with van der Waals surface area (Å²) in [5, 5.41) is 1.56. The van der Waals surface area contributed by atoms with E-state index in [-0.39, 0.29) is 48.6 Å². The van der Waals surface area contributed by atoms with Crippen molar-refractivity contribution in [2.45, 2.75) is 12.3 Å². The third-order valence-corrected chi connectivity index (χ3v) is 7.12. The second-order valence-corrected chi connectivity index (χ2v) is 9.46. The van der Waals surface area contributed by atoms with E-state index in [1.54, 1.807) is 60.7 Å². The summed E-state index contributed by atoms with van der Waals surface area (Å²) < 4.78 is 0. The van der Waals surface area contributed by atoms with E-state index in [0.29, 0.717) is 38.8 Å². The summed E-state index contributed by atoms with van der Waals surface area (Å²) in [4.78, 5) is 65.8. The normalized spacial score (nSPS) is 15.3. The number of nitrogens with zero attached hydrogens (tertiary/aromatic N) is 1. The quantitative estimate of drug-likeness (QED) is 0.388. The Kier molecular flexibility index (Phi) is 5.37. The van der Waals surface area contributed by atoms with E-state index in [2.05, 4.69) is 0 Å². The maximum Gasteiger partial charge on any atom is 0.255 e. The molecule has 1 amide bonds. The molecule has 0 atom stereocenters. The standard InChI is InChI=1S/C31H21NO5/c33-21(16-32-17-26(34)22-7-1-2-8-23(22)31(32)37)15-18-11-13-20(14-12-18)28-29(35)24-9-3-5-19-6-4-10-25(27(19)24)30(28)36/h1-14,28H,15-17H2. The molecule has 0 spiro atoms. The Balaban J connectivity index is 1.18. The van der Waals surface area contributed by atoms with E-state index < -0.39 is 5.92 Å². The molecule has 6 nitrogen and oxygen atoms in total. The van der Waals surface area contributed by atoms with Gasteiger partial charge in [0.15, 0.2) is 23.1 Å². The highest BCUT2D eigenvalue weighted by Gasteiger charge is 2.37. The van der Waals surface area contributed by atoms with Gasteiger partial charge in [-0.05, 0) is 22.6 Å². The Morgan fingerprint density at radius 1 is 0.703 bits per heavy atom. The Bertz CT molecular complexity index is 1600. The van der Waals surface area contributed by atoms with Crippen LogP contribution in [0.3, 0.4) is 0 Å². The van der Waals surface area contributed by atoms with Crippen LogP contribution < -0.4 is 0 Å². The van der Waals surface area contributed by atoms with Gasteiger partial charge in [-0.1, -0.05) is 78.9 Å². The number of rotatable bonds is 5. The molecule has 0 unspecified atom stereocenters. The van der Waals surface area contributed by atoms with Gasteiger partial charge in [-0.3, -0.25) is 24.0 Å². The minimum Gasteiger partial charge on any atom is -0.324 e. The van der Waals surface area contributed by atoms with Crippen LogP contribution in [-0.2, 0) is 11.2 Å². The first-order chi connectivity index (χ1) is 17.9. The van der Waals surface area contributed by atoms with Gasteiger partial charge in [0, 0.05) is 28.5 Å².